The number of nitrogens with zero attached hydrogens (tertiary/aromatic N) is 2. The molecular formula is C16H25N3. The molecule has 0 radical (unpaired) electrons. The maximum absolute atomic E-state index is 5.72. The van der Waals surface area contributed by atoms with Crippen LogP contribution in [0.4, 0.5) is 0 Å². The Bertz CT molecular complexity index is 453. The molecule has 5 rings (SSSR count). The average molecular weight is 259 g/mol. The standard InChI is InChI=1S/C16H25N3/c1-19-10-14(9-17)18-15(19)8-16-5-11-2-12(6-16)4-13(3-11)7-16/h10-13H,2-9,17H2,1H3. The highest BCUT2D eigenvalue weighted by atomic mass is 15.1. The Hall–Kier alpha value is -0.830. The fourth-order valence-electron chi connectivity index (χ4n) is 5.68. The van der Waals surface area contributed by atoms with E-state index in [1.165, 1.54) is 50.8 Å². The van der Waals surface area contributed by atoms with Gasteiger partial charge in [0.2, 0.25) is 0 Å². The summed E-state index contributed by atoms with van der Waals surface area (Å²) in [4.78, 5) is 4.74. The summed E-state index contributed by atoms with van der Waals surface area (Å²) in [6.07, 6.45) is 12.2. The van der Waals surface area contributed by atoms with Crippen molar-refractivity contribution in [2.45, 2.75) is 51.5 Å². The summed E-state index contributed by atoms with van der Waals surface area (Å²) in [7, 11) is 2.13. The zero-order chi connectivity index (χ0) is 13.0. The van der Waals surface area contributed by atoms with E-state index in [1.807, 2.05) is 0 Å². The molecule has 0 amide bonds. The Morgan fingerprint density at radius 2 is 1.79 bits per heavy atom. The molecule has 1 aromatic heterocycles. The minimum absolute atomic E-state index is 0.564. The minimum atomic E-state index is 0.564. The number of aryl methyl sites for hydroxylation is 1. The van der Waals surface area contributed by atoms with Crippen molar-refractivity contribution < 1.29 is 0 Å². The first-order chi connectivity index (χ1) is 9.16. The predicted molar refractivity (Wildman–Crippen MR) is 75.4 cm³/mol. The van der Waals surface area contributed by atoms with E-state index in [1.54, 1.807) is 0 Å². The van der Waals surface area contributed by atoms with Crippen LogP contribution in [0.15, 0.2) is 6.20 Å². The maximum atomic E-state index is 5.72. The van der Waals surface area contributed by atoms with Crippen molar-refractivity contribution in [1.29, 1.82) is 0 Å². The Kier molecular flexibility index (Phi) is 2.57. The van der Waals surface area contributed by atoms with Crippen LogP contribution in [0.5, 0.6) is 0 Å². The number of imidazole rings is 1. The largest absolute Gasteiger partial charge is 0.338 e. The van der Waals surface area contributed by atoms with E-state index >= 15 is 0 Å². The molecule has 0 atom stereocenters. The van der Waals surface area contributed by atoms with Crippen LogP contribution in [-0.4, -0.2) is 9.55 Å². The summed E-state index contributed by atoms with van der Waals surface area (Å²) in [6.45, 7) is 0.564. The van der Waals surface area contributed by atoms with E-state index in [-0.39, 0.29) is 0 Å². The topological polar surface area (TPSA) is 43.8 Å². The molecule has 104 valence electrons. The fraction of sp³-hybridized carbons (Fsp3) is 0.812. The van der Waals surface area contributed by atoms with E-state index in [0.717, 1.165) is 23.4 Å². The third kappa shape index (κ3) is 1.94. The fourth-order valence-corrected chi connectivity index (χ4v) is 5.68. The molecule has 4 fully saturated rings. The SMILES string of the molecule is Cn1cc(CN)nc1CC12CC3CC(CC(C3)C1)C2. The quantitative estimate of drug-likeness (QED) is 0.907. The molecule has 1 heterocycles. The second kappa shape index (κ2) is 4.08. The highest BCUT2D eigenvalue weighted by molar-refractivity contribution is 5.10. The highest BCUT2D eigenvalue weighted by Crippen LogP contribution is 2.60. The molecule has 2 N–H and O–H groups in total. The molecule has 0 aliphatic heterocycles. The Labute approximate surface area is 115 Å². The Morgan fingerprint density at radius 3 is 2.26 bits per heavy atom. The van der Waals surface area contributed by atoms with Gasteiger partial charge in [0.15, 0.2) is 0 Å². The van der Waals surface area contributed by atoms with Crippen molar-refractivity contribution in [3.8, 4) is 0 Å². The number of rotatable bonds is 3. The van der Waals surface area contributed by atoms with Gasteiger partial charge in [-0.05, 0) is 61.7 Å². The lowest BCUT2D eigenvalue weighted by Crippen LogP contribution is -2.47. The molecule has 3 heteroatoms. The van der Waals surface area contributed by atoms with E-state index in [9.17, 15) is 0 Å². The molecule has 4 aliphatic rings. The monoisotopic (exact) mass is 259 g/mol. The van der Waals surface area contributed by atoms with Crippen LogP contribution in [0.1, 0.15) is 50.0 Å². The lowest BCUT2D eigenvalue weighted by Gasteiger charge is -2.56. The number of hydrogen-bond donors (Lipinski definition) is 1. The van der Waals surface area contributed by atoms with Gasteiger partial charge in [0, 0.05) is 26.2 Å². The van der Waals surface area contributed by atoms with E-state index in [0.29, 0.717) is 12.0 Å². The molecule has 19 heavy (non-hydrogen) atoms. The summed E-state index contributed by atoms with van der Waals surface area (Å²) in [6, 6.07) is 0. The van der Waals surface area contributed by atoms with Gasteiger partial charge in [-0.3, -0.25) is 0 Å². The van der Waals surface area contributed by atoms with Crippen molar-refractivity contribution in [3.05, 3.63) is 17.7 Å². The lowest BCUT2D eigenvalue weighted by atomic mass is 9.49. The second-order valence-corrected chi connectivity index (χ2v) is 7.56. The Morgan fingerprint density at radius 1 is 1.21 bits per heavy atom. The number of aromatic nitrogens is 2. The smallest absolute Gasteiger partial charge is 0.109 e. The minimum Gasteiger partial charge on any atom is -0.338 e. The van der Waals surface area contributed by atoms with Gasteiger partial charge in [-0.25, -0.2) is 4.98 Å². The third-order valence-electron chi connectivity index (χ3n) is 5.93. The highest BCUT2D eigenvalue weighted by Gasteiger charge is 2.51. The first-order valence-corrected chi connectivity index (χ1v) is 7.87. The van der Waals surface area contributed by atoms with Gasteiger partial charge < -0.3 is 10.3 Å². The van der Waals surface area contributed by atoms with Crippen LogP contribution in [0, 0.1) is 23.2 Å². The van der Waals surface area contributed by atoms with Crippen molar-refractivity contribution in [1.82, 2.24) is 9.55 Å². The second-order valence-electron chi connectivity index (χ2n) is 7.56. The molecule has 4 aliphatic carbocycles. The summed E-state index contributed by atoms with van der Waals surface area (Å²) < 4.78 is 2.21. The van der Waals surface area contributed by atoms with Gasteiger partial charge in [-0.1, -0.05) is 0 Å². The van der Waals surface area contributed by atoms with Crippen molar-refractivity contribution in [2.75, 3.05) is 0 Å². The number of hydrogen-bond acceptors (Lipinski definition) is 2. The van der Waals surface area contributed by atoms with E-state index < -0.39 is 0 Å². The summed E-state index contributed by atoms with van der Waals surface area (Å²) >= 11 is 0. The van der Waals surface area contributed by atoms with E-state index in [2.05, 4.69) is 17.8 Å². The van der Waals surface area contributed by atoms with Gasteiger partial charge in [0.25, 0.3) is 0 Å². The predicted octanol–water partition coefficient (Wildman–Crippen LogP) is 2.64. The van der Waals surface area contributed by atoms with Crippen LogP contribution < -0.4 is 5.73 Å². The summed E-state index contributed by atoms with van der Waals surface area (Å²) in [5.74, 6) is 4.35. The number of nitrogens with two attached hydrogens (primary N) is 1. The lowest BCUT2D eigenvalue weighted by molar-refractivity contribution is -0.0534. The first kappa shape index (κ1) is 12.0. The first-order valence-electron chi connectivity index (χ1n) is 7.87. The van der Waals surface area contributed by atoms with Crippen LogP contribution >= 0.6 is 0 Å². The molecular weight excluding hydrogens is 234 g/mol. The third-order valence-corrected chi connectivity index (χ3v) is 5.93. The van der Waals surface area contributed by atoms with Gasteiger partial charge in [0.1, 0.15) is 5.82 Å². The van der Waals surface area contributed by atoms with Crippen LogP contribution in [0.25, 0.3) is 0 Å². The van der Waals surface area contributed by atoms with Crippen molar-refractivity contribution in [2.24, 2.45) is 36.0 Å². The van der Waals surface area contributed by atoms with Crippen molar-refractivity contribution >= 4 is 0 Å². The van der Waals surface area contributed by atoms with Gasteiger partial charge in [-0.2, -0.15) is 0 Å². The summed E-state index contributed by atoms with van der Waals surface area (Å²) in [5.41, 5.74) is 7.34. The Balaban J connectivity index is 1.60. The molecule has 1 aromatic rings. The summed E-state index contributed by atoms with van der Waals surface area (Å²) in [5, 5.41) is 0. The van der Waals surface area contributed by atoms with Crippen molar-refractivity contribution in [3.63, 3.8) is 0 Å². The van der Waals surface area contributed by atoms with Crippen LogP contribution in [-0.2, 0) is 20.0 Å². The molecule has 0 unspecified atom stereocenters. The van der Waals surface area contributed by atoms with Gasteiger partial charge >= 0.3 is 0 Å². The normalized spacial score (nSPS) is 40.0. The molecule has 0 aromatic carbocycles. The molecule has 0 saturated heterocycles. The van der Waals surface area contributed by atoms with Gasteiger partial charge in [-0.15, -0.1) is 0 Å². The molecule has 4 saturated carbocycles. The van der Waals surface area contributed by atoms with Crippen LogP contribution in [0.3, 0.4) is 0 Å². The van der Waals surface area contributed by atoms with Crippen LogP contribution in [0.2, 0.25) is 0 Å². The molecule has 3 nitrogen and oxygen atoms in total. The molecule has 0 spiro atoms. The molecule has 4 bridgehead atoms. The maximum Gasteiger partial charge on any atom is 0.109 e. The van der Waals surface area contributed by atoms with Gasteiger partial charge in [0.05, 0.1) is 5.69 Å². The van der Waals surface area contributed by atoms with E-state index in [4.69, 9.17) is 10.7 Å². The zero-order valence-corrected chi connectivity index (χ0v) is 11.9. The average Bonchev–Trinajstić information content (AvgIpc) is 2.67. The zero-order valence-electron chi connectivity index (χ0n) is 11.9.